The highest BCUT2D eigenvalue weighted by molar-refractivity contribution is 5.73. The lowest BCUT2D eigenvalue weighted by molar-refractivity contribution is -0.191. The van der Waals surface area contributed by atoms with Crippen LogP contribution in [-0.4, -0.2) is 56.0 Å². The van der Waals surface area contributed by atoms with Crippen molar-refractivity contribution in [2.75, 3.05) is 26.8 Å². The third-order valence-corrected chi connectivity index (χ3v) is 6.18. The fourth-order valence-electron chi connectivity index (χ4n) is 4.12. The van der Waals surface area contributed by atoms with E-state index in [1.165, 1.54) is 32.8 Å². The monoisotopic (exact) mass is 441 g/mol. The van der Waals surface area contributed by atoms with Gasteiger partial charge in [-0.05, 0) is 51.4 Å². The Balaban J connectivity index is 2.32. The average molecular weight is 442 g/mol. The molecule has 6 nitrogen and oxygen atoms in total. The third kappa shape index (κ3) is 13.1. The van der Waals surface area contributed by atoms with Crippen molar-refractivity contribution in [1.82, 2.24) is 4.90 Å². The number of ether oxygens (including phenoxy) is 3. The first-order chi connectivity index (χ1) is 15.0. The molecule has 0 aromatic rings. The maximum atomic E-state index is 12.1. The predicted molar refractivity (Wildman–Crippen MR) is 124 cm³/mol. The van der Waals surface area contributed by atoms with Crippen LogP contribution in [0.25, 0.3) is 0 Å². The number of carbonyl (C=O) groups excluding carboxylic acids is 2. The van der Waals surface area contributed by atoms with Gasteiger partial charge in [0.2, 0.25) is 5.91 Å². The molecule has 0 aromatic carbocycles. The summed E-state index contributed by atoms with van der Waals surface area (Å²) in [5, 5.41) is 0. The molecule has 0 aromatic heterocycles. The first-order valence-corrected chi connectivity index (χ1v) is 12.6. The molecule has 1 aliphatic heterocycles. The first-order valence-electron chi connectivity index (χ1n) is 12.6. The molecule has 0 bridgehead atoms. The summed E-state index contributed by atoms with van der Waals surface area (Å²) in [7, 11) is 1.44. The van der Waals surface area contributed by atoms with Gasteiger partial charge < -0.3 is 19.1 Å². The van der Waals surface area contributed by atoms with Gasteiger partial charge in [-0.3, -0.25) is 9.59 Å². The van der Waals surface area contributed by atoms with Gasteiger partial charge >= 0.3 is 5.97 Å². The van der Waals surface area contributed by atoms with Crippen molar-refractivity contribution in [3.05, 3.63) is 0 Å². The number of carbonyl (C=O) groups is 2. The van der Waals surface area contributed by atoms with Gasteiger partial charge in [0, 0.05) is 26.6 Å². The number of esters is 1. The summed E-state index contributed by atoms with van der Waals surface area (Å²) in [6.07, 6.45) is 14.0. The molecule has 31 heavy (non-hydrogen) atoms. The average Bonchev–Trinajstić information content (AvgIpc) is 2.77. The Hall–Kier alpha value is -1.14. The Morgan fingerprint density at radius 3 is 2.35 bits per heavy atom. The zero-order chi connectivity index (χ0) is 22.9. The van der Waals surface area contributed by atoms with Crippen LogP contribution in [0, 0.1) is 5.92 Å². The van der Waals surface area contributed by atoms with E-state index >= 15 is 0 Å². The van der Waals surface area contributed by atoms with Crippen molar-refractivity contribution in [3.8, 4) is 0 Å². The van der Waals surface area contributed by atoms with E-state index < -0.39 is 0 Å². The molecular weight excluding hydrogens is 394 g/mol. The van der Waals surface area contributed by atoms with Gasteiger partial charge in [0.05, 0.1) is 19.1 Å². The summed E-state index contributed by atoms with van der Waals surface area (Å²) >= 11 is 0. The summed E-state index contributed by atoms with van der Waals surface area (Å²) in [4.78, 5) is 25.5. The molecule has 1 saturated heterocycles. The minimum Gasteiger partial charge on any atom is -0.469 e. The highest BCUT2D eigenvalue weighted by Gasteiger charge is 2.20. The largest absolute Gasteiger partial charge is 0.469 e. The van der Waals surface area contributed by atoms with E-state index in [4.69, 9.17) is 14.2 Å². The molecule has 1 heterocycles. The van der Waals surface area contributed by atoms with Crippen LogP contribution >= 0.6 is 0 Å². The lowest BCUT2D eigenvalue weighted by atomic mass is 10.0. The zero-order valence-corrected chi connectivity index (χ0v) is 20.5. The standard InChI is InChI=1S/C25H47NO5/c1-5-6-8-15-23(31-24-17-10-12-20-30-24)16-13-19-26(22(3)27)18-11-7-9-14-21(2)25(28)29-4/h21,23-24H,5-20H2,1-4H3. The molecule has 0 aliphatic carbocycles. The van der Waals surface area contributed by atoms with E-state index in [0.717, 1.165) is 77.5 Å². The van der Waals surface area contributed by atoms with Crippen molar-refractivity contribution in [2.24, 2.45) is 5.92 Å². The second-order valence-electron chi connectivity index (χ2n) is 8.97. The van der Waals surface area contributed by atoms with Gasteiger partial charge in [-0.25, -0.2) is 0 Å². The van der Waals surface area contributed by atoms with Gasteiger partial charge in [0.15, 0.2) is 6.29 Å². The molecule has 3 unspecified atom stereocenters. The Morgan fingerprint density at radius 1 is 1.00 bits per heavy atom. The van der Waals surface area contributed by atoms with E-state index in [9.17, 15) is 9.59 Å². The van der Waals surface area contributed by atoms with Crippen molar-refractivity contribution in [2.45, 2.75) is 117 Å². The summed E-state index contributed by atoms with van der Waals surface area (Å²) in [5.41, 5.74) is 0. The molecular formula is C25H47NO5. The predicted octanol–water partition coefficient (Wildman–Crippen LogP) is 5.48. The Kier molecular flexibility index (Phi) is 15.7. The van der Waals surface area contributed by atoms with Gasteiger partial charge in [-0.15, -0.1) is 0 Å². The Bertz CT molecular complexity index is 479. The summed E-state index contributed by atoms with van der Waals surface area (Å²) in [6, 6.07) is 0. The van der Waals surface area contributed by atoms with Crippen LogP contribution < -0.4 is 0 Å². The molecule has 1 fully saturated rings. The molecule has 0 spiro atoms. The highest BCUT2D eigenvalue weighted by atomic mass is 16.7. The molecule has 0 radical (unpaired) electrons. The zero-order valence-electron chi connectivity index (χ0n) is 20.5. The lowest BCUT2D eigenvalue weighted by Crippen LogP contribution is -2.32. The maximum Gasteiger partial charge on any atom is 0.308 e. The summed E-state index contributed by atoms with van der Waals surface area (Å²) in [6.45, 7) is 8.17. The van der Waals surface area contributed by atoms with Gasteiger partial charge in [0.1, 0.15) is 0 Å². The van der Waals surface area contributed by atoms with Gasteiger partial charge in [-0.1, -0.05) is 46.0 Å². The van der Waals surface area contributed by atoms with Gasteiger partial charge in [-0.2, -0.15) is 0 Å². The summed E-state index contributed by atoms with van der Waals surface area (Å²) < 4.78 is 16.8. The third-order valence-electron chi connectivity index (χ3n) is 6.18. The second-order valence-corrected chi connectivity index (χ2v) is 8.97. The number of hydrogen-bond acceptors (Lipinski definition) is 5. The summed E-state index contributed by atoms with van der Waals surface area (Å²) in [5.74, 6) is -0.0478. The SMILES string of the molecule is CCCCCC(CCCN(CCCCCC(C)C(=O)OC)C(C)=O)OC1CCCCO1. The van der Waals surface area contributed by atoms with Crippen LogP contribution in [0.5, 0.6) is 0 Å². The molecule has 3 atom stereocenters. The lowest BCUT2D eigenvalue weighted by Gasteiger charge is -2.29. The molecule has 6 heteroatoms. The molecule has 1 aliphatic rings. The van der Waals surface area contributed by atoms with E-state index in [-0.39, 0.29) is 30.2 Å². The number of nitrogens with zero attached hydrogens (tertiary/aromatic N) is 1. The number of amides is 1. The molecule has 0 saturated carbocycles. The van der Waals surface area contributed by atoms with E-state index in [2.05, 4.69) is 6.92 Å². The van der Waals surface area contributed by atoms with Crippen LogP contribution in [0.4, 0.5) is 0 Å². The molecule has 1 amide bonds. The van der Waals surface area contributed by atoms with Crippen LogP contribution in [0.15, 0.2) is 0 Å². The van der Waals surface area contributed by atoms with E-state index in [1.54, 1.807) is 6.92 Å². The fraction of sp³-hybridized carbons (Fsp3) is 0.920. The quantitative estimate of drug-likeness (QED) is 0.221. The minimum absolute atomic E-state index is 0.0448. The number of rotatable bonds is 17. The number of methoxy groups -OCH3 is 1. The van der Waals surface area contributed by atoms with Crippen LogP contribution in [0.3, 0.4) is 0 Å². The highest BCUT2D eigenvalue weighted by Crippen LogP contribution is 2.21. The second kappa shape index (κ2) is 17.4. The first kappa shape index (κ1) is 27.9. The van der Waals surface area contributed by atoms with Crippen molar-refractivity contribution >= 4 is 11.9 Å². The fourth-order valence-corrected chi connectivity index (χ4v) is 4.12. The van der Waals surface area contributed by atoms with Crippen LogP contribution in [0.2, 0.25) is 0 Å². The number of unbranched alkanes of at least 4 members (excludes halogenated alkanes) is 4. The van der Waals surface area contributed by atoms with Crippen molar-refractivity contribution in [1.29, 1.82) is 0 Å². The minimum atomic E-state index is -0.139. The van der Waals surface area contributed by atoms with Crippen LogP contribution in [0.1, 0.15) is 104 Å². The van der Waals surface area contributed by atoms with E-state index in [0.29, 0.717) is 0 Å². The van der Waals surface area contributed by atoms with E-state index in [1.807, 2.05) is 11.8 Å². The van der Waals surface area contributed by atoms with Gasteiger partial charge in [0.25, 0.3) is 0 Å². The smallest absolute Gasteiger partial charge is 0.308 e. The van der Waals surface area contributed by atoms with Crippen molar-refractivity contribution < 1.29 is 23.8 Å². The molecule has 0 N–H and O–H groups in total. The Labute approximate surface area is 190 Å². The normalized spacial score (nSPS) is 18.4. The maximum absolute atomic E-state index is 12.1. The Morgan fingerprint density at radius 2 is 1.71 bits per heavy atom. The number of hydrogen-bond donors (Lipinski definition) is 0. The van der Waals surface area contributed by atoms with Crippen molar-refractivity contribution in [3.63, 3.8) is 0 Å². The molecule has 182 valence electrons. The molecule has 1 rings (SSSR count). The van der Waals surface area contributed by atoms with Crippen LogP contribution in [-0.2, 0) is 23.8 Å². The topological polar surface area (TPSA) is 65.1 Å².